The number of nitrogens with one attached hydrogen (secondary N) is 2. The molecule has 6 heteroatoms. The molecule has 1 aromatic heterocycles. The van der Waals surface area contributed by atoms with Gasteiger partial charge in [0.1, 0.15) is 0 Å². The van der Waals surface area contributed by atoms with Gasteiger partial charge in [0.15, 0.2) is 5.13 Å². The number of carbonyl (C=O) groups excluding carboxylic acids is 2. The molecule has 1 aromatic carbocycles. The van der Waals surface area contributed by atoms with E-state index in [1.165, 1.54) is 11.3 Å². The van der Waals surface area contributed by atoms with Crippen molar-refractivity contribution in [2.75, 3.05) is 10.6 Å². The number of hydrogen-bond donors (Lipinski definition) is 2. The van der Waals surface area contributed by atoms with Gasteiger partial charge in [0.2, 0.25) is 0 Å². The third-order valence-corrected chi connectivity index (χ3v) is 3.56. The van der Waals surface area contributed by atoms with Crippen LogP contribution in [0.3, 0.4) is 0 Å². The molecule has 2 aromatic rings. The Hall–Kier alpha value is -2.21. The van der Waals surface area contributed by atoms with Crippen LogP contribution in [0, 0.1) is 0 Å². The topological polar surface area (TPSA) is 71.1 Å². The van der Waals surface area contributed by atoms with E-state index in [0.717, 1.165) is 5.56 Å². The van der Waals surface area contributed by atoms with Crippen molar-refractivity contribution in [3.05, 3.63) is 41.4 Å². The maximum atomic E-state index is 11.8. The highest BCUT2D eigenvalue weighted by Gasteiger charge is 2.16. The molecule has 0 saturated carbocycles. The number of nitrogens with zero attached hydrogens (tertiary/aromatic N) is 1. The van der Waals surface area contributed by atoms with Crippen molar-refractivity contribution in [3.8, 4) is 0 Å². The lowest BCUT2D eigenvalue weighted by molar-refractivity contribution is -0.132. The zero-order valence-corrected chi connectivity index (χ0v) is 13.0. The minimum absolute atomic E-state index is 0.0464. The van der Waals surface area contributed by atoms with Gasteiger partial charge in [0, 0.05) is 17.3 Å². The van der Waals surface area contributed by atoms with Gasteiger partial charge in [-0.05, 0) is 23.1 Å². The zero-order valence-electron chi connectivity index (χ0n) is 12.1. The molecule has 0 atom stereocenters. The molecule has 2 N–H and O–H groups in total. The van der Waals surface area contributed by atoms with Crippen LogP contribution in [0.2, 0.25) is 0 Å². The third-order valence-electron chi connectivity index (χ3n) is 2.87. The van der Waals surface area contributed by atoms with Crippen LogP contribution in [0.25, 0.3) is 0 Å². The molecular formula is C15H17N3O2S. The highest BCUT2D eigenvalue weighted by atomic mass is 32.1. The average molecular weight is 303 g/mol. The molecule has 0 saturated heterocycles. The van der Waals surface area contributed by atoms with Crippen LogP contribution in [0.5, 0.6) is 0 Å². The molecule has 0 radical (unpaired) electrons. The fraction of sp³-hybridized carbons (Fsp3) is 0.267. The molecule has 0 fully saturated rings. The predicted molar refractivity (Wildman–Crippen MR) is 84.5 cm³/mol. The van der Waals surface area contributed by atoms with Crippen molar-refractivity contribution in [2.45, 2.75) is 26.2 Å². The molecule has 0 bridgehead atoms. The second-order valence-electron chi connectivity index (χ2n) is 5.57. The van der Waals surface area contributed by atoms with Gasteiger partial charge < -0.3 is 5.32 Å². The fourth-order valence-electron chi connectivity index (χ4n) is 1.68. The monoisotopic (exact) mass is 303 g/mol. The van der Waals surface area contributed by atoms with Crippen LogP contribution in [-0.2, 0) is 15.0 Å². The number of anilines is 2. The number of benzene rings is 1. The number of aromatic nitrogens is 1. The van der Waals surface area contributed by atoms with E-state index in [2.05, 4.69) is 36.4 Å². The fourth-order valence-corrected chi connectivity index (χ4v) is 2.20. The molecule has 2 amide bonds. The minimum Gasteiger partial charge on any atom is -0.318 e. The molecule has 2 rings (SSSR count). The molecular weight excluding hydrogens is 286 g/mol. The first-order chi connectivity index (χ1) is 9.86. The normalized spacial score (nSPS) is 11.0. The number of amides is 2. The summed E-state index contributed by atoms with van der Waals surface area (Å²) in [5.41, 5.74) is 1.79. The predicted octanol–water partition coefficient (Wildman–Crippen LogP) is 3.02. The SMILES string of the molecule is CC(C)(C)c1ccc(NC(=O)C(=O)Nc2nccs2)cc1. The van der Waals surface area contributed by atoms with Gasteiger partial charge in [-0.2, -0.15) is 0 Å². The quantitative estimate of drug-likeness (QED) is 0.838. The van der Waals surface area contributed by atoms with Gasteiger partial charge in [-0.15, -0.1) is 11.3 Å². The highest BCUT2D eigenvalue weighted by Crippen LogP contribution is 2.23. The van der Waals surface area contributed by atoms with E-state index < -0.39 is 11.8 Å². The molecule has 0 unspecified atom stereocenters. The smallest absolute Gasteiger partial charge is 0.315 e. The van der Waals surface area contributed by atoms with E-state index in [1.807, 2.05) is 12.1 Å². The van der Waals surface area contributed by atoms with E-state index >= 15 is 0 Å². The maximum Gasteiger partial charge on any atom is 0.315 e. The Morgan fingerprint density at radius 2 is 1.67 bits per heavy atom. The first kappa shape index (κ1) is 15.2. The Bertz CT molecular complexity index is 628. The van der Waals surface area contributed by atoms with Gasteiger partial charge in [-0.25, -0.2) is 4.98 Å². The van der Waals surface area contributed by atoms with E-state index in [4.69, 9.17) is 0 Å². The van der Waals surface area contributed by atoms with Gasteiger partial charge in [0.05, 0.1) is 0 Å². The standard InChI is InChI=1S/C15H17N3O2S/c1-15(2,3)10-4-6-11(7-5-10)17-12(19)13(20)18-14-16-8-9-21-14/h4-9H,1-3H3,(H,17,19)(H,16,18,20). The second-order valence-corrected chi connectivity index (χ2v) is 6.47. The van der Waals surface area contributed by atoms with E-state index in [9.17, 15) is 9.59 Å². The Labute approximate surface area is 127 Å². The van der Waals surface area contributed by atoms with Crippen LogP contribution >= 0.6 is 11.3 Å². The summed E-state index contributed by atoms with van der Waals surface area (Å²) >= 11 is 1.26. The van der Waals surface area contributed by atoms with Crippen LogP contribution < -0.4 is 10.6 Å². The summed E-state index contributed by atoms with van der Waals surface area (Å²) in [5, 5.41) is 7.11. The Morgan fingerprint density at radius 1 is 1.05 bits per heavy atom. The van der Waals surface area contributed by atoms with E-state index in [1.54, 1.807) is 23.7 Å². The van der Waals surface area contributed by atoms with Crippen LogP contribution in [0.15, 0.2) is 35.8 Å². The average Bonchev–Trinajstić information content (AvgIpc) is 2.91. The van der Waals surface area contributed by atoms with Crippen LogP contribution in [0.4, 0.5) is 10.8 Å². The third kappa shape index (κ3) is 4.13. The number of thiazole rings is 1. The van der Waals surface area contributed by atoms with Crippen LogP contribution in [0.1, 0.15) is 26.3 Å². The van der Waals surface area contributed by atoms with Crippen molar-refractivity contribution in [2.24, 2.45) is 0 Å². The molecule has 110 valence electrons. The highest BCUT2D eigenvalue weighted by molar-refractivity contribution is 7.13. The van der Waals surface area contributed by atoms with E-state index in [-0.39, 0.29) is 5.41 Å². The van der Waals surface area contributed by atoms with Crippen LogP contribution in [-0.4, -0.2) is 16.8 Å². The van der Waals surface area contributed by atoms with Crippen molar-refractivity contribution >= 4 is 34.0 Å². The van der Waals surface area contributed by atoms with Crippen molar-refractivity contribution < 1.29 is 9.59 Å². The number of carbonyl (C=O) groups is 2. The largest absolute Gasteiger partial charge is 0.318 e. The first-order valence-corrected chi connectivity index (χ1v) is 7.36. The molecule has 0 spiro atoms. The number of hydrogen-bond acceptors (Lipinski definition) is 4. The summed E-state index contributed by atoms with van der Waals surface area (Å²) in [6.07, 6.45) is 1.56. The lowest BCUT2D eigenvalue weighted by Crippen LogP contribution is -2.29. The van der Waals surface area contributed by atoms with Crippen molar-refractivity contribution in [1.82, 2.24) is 4.98 Å². The summed E-state index contributed by atoms with van der Waals surface area (Å²) in [7, 11) is 0. The molecule has 0 aliphatic rings. The Balaban J connectivity index is 1.98. The Kier molecular flexibility index (Phi) is 4.37. The molecule has 21 heavy (non-hydrogen) atoms. The summed E-state index contributed by atoms with van der Waals surface area (Å²) in [6, 6.07) is 7.45. The second kappa shape index (κ2) is 6.05. The maximum absolute atomic E-state index is 11.8. The summed E-state index contributed by atoms with van der Waals surface area (Å²) in [5.74, 6) is -1.45. The molecule has 5 nitrogen and oxygen atoms in total. The lowest BCUT2D eigenvalue weighted by atomic mass is 9.87. The molecule has 0 aliphatic carbocycles. The molecule has 0 aliphatic heterocycles. The van der Waals surface area contributed by atoms with Gasteiger partial charge in [0.25, 0.3) is 0 Å². The summed E-state index contributed by atoms with van der Waals surface area (Å²) in [4.78, 5) is 27.3. The number of rotatable bonds is 2. The first-order valence-electron chi connectivity index (χ1n) is 6.48. The van der Waals surface area contributed by atoms with Crippen molar-refractivity contribution in [3.63, 3.8) is 0 Å². The zero-order chi connectivity index (χ0) is 15.5. The van der Waals surface area contributed by atoms with Gasteiger partial charge >= 0.3 is 11.8 Å². The Morgan fingerprint density at radius 3 is 2.19 bits per heavy atom. The van der Waals surface area contributed by atoms with E-state index in [0.29, 0.717) is 10.8 Å². The minimum atomic E-state index is -0.732. The summed E-state index contributed by atoms with van der Waals surface area (Å²) in [6.45, 7) is 6.34. The molecule has 1 heterocycles. The van der Waals surface area contributed by atoms with Crippen molar-refractivity contribution in [1.29, 1.82) is 0 Å². The summed E-state index contributed by atoms with van der Waals surface area (Å²) < 4.78 is 0. The van der Waals surface area contributed by atoms with Gasteiger partial charge in [-0.3, -0.25) is 14.9 Å². The van der Waals surface area contributed by atoms with Gasteiger partial charge in [-0.1, -0.05) is 32.9 Å². The lowest BCUT2D eigenvalue weighted by Gasteiger charge is -2.19.